The Morgan fingerprint density at radius 3 is 2.68 bits per heavy atom. The van der Waals surface area contributed by atoms with Gasteiger partial charge in [0.1, 0.15) is 0 Å². The number of aliphatic hydroxyl groups is 1. The molecule has 4 rings (SSSR count). The van der Waals surface area contributed by atoms with Crippen LogP contribution < -0.4 is 0 Å². The summed E-state index contributed by atoms with van der Waals surface area (Å²) < 4.78 is 12.1. The highest BCUT2D eigenvalue weighted by Crippen LogP contribution is 2.42. The first-order chi connectivity index (χ1) is 12.2. The van der Waals surface area contributed by atoms with Crippen molar-refractivity contribution >= 4 is 0 Å². The Morgan fingerprint density at radius 2 is 1.92 bits per heavy atom. The van der Waals surface area contributed by atoms with Crippen molar-refractivity contribution in [3.63, 3.8) is 0 Å². The van der Waals surface area contributed by atoms with Crippen molar-refractivity contribution in [3.8, 4) is 0 Å². The standard InChI is InChI=1S/C21H31NO3/c23-19(14-24-20-9-5-2-6-10-20)12-22-15-21(16-22)11-18(13-25-21)17-7-3-1-4-8-17/h1,3-4,7-8,18-20,23H,2,5-6,9-16H2. The van der Waals surface area contributed by atoms with Crippen molar-refractivity contribution in [3.05, 3.63) is 35.9 Å². The van der Waals surface area contributed by atoms with Crippen LogP contribution in [0.1, 0.15) is 50.0 Å². The highest BCUT2D eigenvalue weighted by molar-refractivity contribution is 5.22. The van der Waals surface area contributed by atoms with Gasteiger partial charge in [-0.15, -0.1) is 0 Å². The smallest absolute Gasteiger partial charge is 0.0941 e. The molecule has 3 aliphatic rings. The maximum absolute atomic E-state index is 10.3. The Hall–Kier alpha value is -0.940. The molecule has 0 radical (unpaired) electrons. The summed E-state index contributed by atoms with van der Waals surface area (Å²) in [4.78, 5) is 2.31. The van der Waals surface area contributed by atoms with Gasteiger partial charge in [0.05, 0.1) is 31.0 Å². The molecule has 1 N–H and O–H groups in total. The molecule has 4 nitrogen and oxygen atoms in total. The van der Waals surface area contributed by atoms with Crippen molar-refractivity contribution < 1.29 is 14.6 Å². The molecule has 0 bridgehead atoms. The van der Waals surface area contributed by atoms with Gasteiger partial charge in [0.25, 0.3) is 0 Å². The van der Waals surface area contributed by atoms with Crippen molar-refractivity contribution in [2.45, 2.75) is 62.3 Å². The average Bonchev–Trinajstić information content (AvgIpc) is 3.07. The van der Waals surface area contributed by atoms with Gasteiger partial charge in [0.15, 0.2) is 0 Å². The van der Waals surface area contributed by atoms with Gasteiger partial charge in [-0.3, -0.25) is 4.90 Å². The Labute approximate surface area is 151 Å². The van der Waals surface area contributed by atoms with Crippen LogP contribution in [-0.4, -0.2) is 60.7 Å². The number of β-amino-alcohol motifs (C(OH)–C–C–N with tert-alkyl or cyclic N) is 1. The highest BCUT2D eigenvalue weighted by atomic mass is 16.5. The van der Waals surface area contributed by atoms with Crippen LogP contribution in [0.25, 0.3) is 0 Å². The molecule has 1 aromatic carbocycles. The molecule has 2 unspecified atom stereocenters. The molecule has 2 atom stereocenters. The van der Waals surface area contributed by atoms with Crippen LogP contribution in [-0.2, 0) is 9.47 Å². The van der Waals surface area contributed by atoms with E-state index in [0.29, 0.717) is 25.2 Å². The molecule has 4 heteroatoms. The number of aliphatic hydroxyl groups excluding tert-OH is 1. The molecule has 25 heavy (non-hydrogen) atoms. The summed E-state index contributed by atoms with van der Waals surface area (Å²) in [6, 6.07) is 10.7. The van der Waals surface area contributed by atoms with E-state index in [4.69, 9.17) is 9.47 Å². The predicted octanol–water partition coefficient (Wildman–Crippen LogP) is 2.96. The zero-order chi connectivity index (χ0) is 17.1. The summed E-state index contributed by atoms with van der Waals surface area (Å²) in [7, 11) is 0. The van der Waals surface area contributed by atoms with Gasteiger partial charge in [-0.05, 0) is 24.8 Å². The van der Waals surface area contributed by atoms with E-state index in [2.05, 4.69) is 35.2 Å². The Kier molecular flexibility index (Phi) is 5.41. The number of hydrogen-bond acceptors (Lipinski definition) is 4. The fraction of sp³-hybridized carbons (Fsp3) is 0.714. The summed E-state index contributed by atoms with van der Waals surface area (Å²) in [6.45, 7) is 3.88. The number of likely N-dealkylation sites (tertiary alicyclic amines) is 1. The fourth-order valence-electron chi connectivity index (χ4n) is 4.73. The Bertz CT molecular complexity index is 537. The summed E-state index contributed by atoms with van der Waals surface area (Å²) >= 11 is 0. The van der Waals surface area contributed by atoms with E-state index < -0.39 is 0 Å². The zero-order valence-electron chi connectivity index (χ0n) is 15.1. The van der Waals surface area contributed by atoms with Gasteiger partial charge in [-0.2, -0.15) is 0 Å². The molecule has 2 heterocycles. The summed E-state index contributed by atoms with van der Waals surface area (Å²) in [5.41, 5.74) is 1.41. The van der Waals surface area contributed by atoms with E-state index in [1.54, 1.807) is 0 Å². The average molecular weight is 345 g/mol. The number of hydrogen-bond donors (Lipinski definition) is 1. The quantitative estimate of drug-likeness (QED) is 0.861. The minimum atomic E-state index is -0.384. The molecule has 3 fully saturated rings. The topological polar surface area (TPSA) is 41.9 Å². The predicted molar refractivity (Wildman–Crippen MR) is 97.8 cm³/mol. The molecule has 2 aliphatic heterocycles. The first kappa shape index (κ1) is 17.5. The van der Waals surface area contributed by atoms with Crippen molar-refractivity contribution in [2.75, 3.05) is 32.8 Å². The lowest BCUT2D eigenvalue weighted by molar-refractivity contribution is -0.126. The molecule has 2 saturated heterocycles. The van der Waals surface area contributed by atoms with Gasteiger partial charge in [0, 0.05) is 25.6 Å². The normalized spacial score (nSPS) is 28.1. The summed E-state index contributed by atoms with van der Waals surface area (Å²) in [6.07, 6.45) is 7.29. The number of rotatable bonds is 6. The van der Waals surface area contributed by atoms with Crippen LogP contribution in [0.3, 0.4) is 0 Å². The SMILES string of the molecule is OC(COC1CCCCC1)CN1CC2(CC(c3ccccc3)CO2)C1. The minimum absolute atomic E-state index is 0.0183. The molecule has 0 aromatic heterocycles. The number of nitrogens with zero attached hydrogens (tertiary/aromatic N) is 1. The van der Waals surface area contributed by atoms with E-state index in [1.165, 1.54) is 24.8 Å². The van der Waals surface area contributed by atoms with Crippen LogP contribution in [0.5, 0.6) is 0 Å². The molecular weight excluding hydrogens is 314 g/mol. The van der Waals surface area contributed by atoms with Crippen LogP contribution in [0.4, 0.5) is 0 Å². The van der Waals surface area contributed by atoms with Crippen molar-refractivity contribution in [2.24, 2.45) is 0 Å². The molecule has 1 saturated carbocycles. The zero-order valence-corrected chi connectivity index (χ0v) is 15.1. The summed E-state index contributed by atoms with van der Waals surface area (Å²) in [5, 5.41) is 10.3. The largest absolute Gasteiger partial charge is 0.389 e. The second-order valence-electron chi connectivity index (χ2n) is 8.22. The van der Waals surface area contributed by atoms with Crippen LogP contribution in [0.2, 0.25) is 0 Å². The van der Waals surface area contributed by atoms with Gasteiger partial charge in [-0.1, -0.05) is 49.6 Å². The third-order valence-corrected chi connectivity index (χ3v) is 6.05. The molecule has 1 aromatic rings. The lowest BCUT2D eigenvalue weighted by Gasteiger charge is -2.48. The molecule has 138 valence electrons. The van der Waals surface area contributed by atoms with Crippen LogP contribution in [0.15, 0.2) is 30.3 Å². The molecule has 0 amide bonds. The lowest BCUT2D eigenvalue weighted by Crippen LogP contribution is -2.63. The maximum atomic E-state index is 10.3. The molecule has 1 aliphatic carbocycles. The summed E-state index contributed by atoms with van der Waals surface area (Å²) in [5.74, 6) is 0.517. The first-order valence-corrected chi connectivity index (χ1v) is 9.93. The van der Waals surface area contributed by atoms with E-state index in [0.717, 1.165) is 39.0 Å². The number of benzene rings is 1. The van der Waals surface area contributed by atoms with Gasteiger partial charge < -0.3 is 14.6 Å². The lowest BCUT2D eigenvalue weighted by atomic mass is 9.84. The fourth-order valence-corrected chi connectivity index (χ4v) is 4.73. The monoisotopic (exact) mass is 345 g/mol. The second-order valence-corrected chi connectivity index (χ2v) is 8.22. The van der Waals surface area contributed by atoms with Crippen molar-refractivity contribution in [1.82, 2.24) is 4.90 Å². The number of ether oxygens (including phenoxy) is 2. The third-order valence-electron chi connectivity index (χ3n) is 6.05. The van der Waals surface area contributed by atoms with Crippen molar-refractivity contribution in [1.29, 1.82) is 0 Å². The van der Waals surface area contributed by atoms with Gasteiger partial charge in [-0.25, -0.2) is 0 Å². The van der Waals surface area contributed by atoms with Crippen LogP contribution >= 0.6 is 0 Å². The van der Waals surface area contributed by atoms with Crippen LogP contribution in [0, 0.1) is 0 Å². The Balaban J connectivity index is 1.17. The van der Waals surface area contributed by atoms with E-state index in [1.807, 2.05) is 0 Å². The first-order valence-electron chi connectivity index (χ1n) is 9.93. The Morgan fingerprint density at radius 1 is 1.16 bits per heavy atom. The second kappa shape index (κ2) is 7.75. The minimum Gasteiger partial charge on any atom is -0.389 e. The van der Waals surface area contributed by atoms with E-state index in [9.17, 15) is 5.11 Å². The van der Waals surface area contributed by atoms with E-state index in [-0.39, 0.29) is 11.7 Å². The highest BCUT2D eigenvalue weighted by Gasteiger charge is 2.49. The maximum Gasteiger partial charge on any atom is 0.0941 e. The van der Waals surface area contributed by atoms with E-state index >= 15 is 0 Å². The third kappa shape index (κ3) is 4.25. The molecular formula is C21H31NO3. The van der Waals surface area contributed by atoms with Gasteiger partial charge >= 0.3 is 0 Å². The van der Waals surface area contributed by atoms with Gasteiger partial charge in [0.2, 0.25) is 0 Å². The molecule has 1 spiro atoms.